The van der Waals surface area contributed by atoms with Gasteiger partial charge in [-0.05, 0) is 37.6 Å². The number of likely N-dealkylation sites (N-methyl/N-ethyl adjacent to an activating group) is 1. The van der Waals surface area contributed by atoms with Gasteiger partial charge in [-0.2, -0.15) is 13.2 Å². The second-order valence-corrected chi connectivity index (χ2v) is 5.21. The molecule has 0 bridgehead atoms. The van der Waals surface area contributed by atoms with E-state index < -0.39 is 23.8 Å². The third-order valence-electron chi connectivity index (χ3n) is 3.18. The van der Waals surface area contributed by atoms with Gasteiger partial charge in [0.1, 0.15) is 0 Å². The fraction of sp³-hybridized carbons (Fsp3) is 0.467. The van der Waals surface area contributed by atoms with Crippen molar-refractivity contribution < 1.29 is 27.9 Å². The molecule has 1 aromatic carbocycles. The lowest BCUT2D eigenvalue weighted by molar-refractivity contribution is -0.137. The summed E-state index contributed by atoms with van der Waals surface area (Å²) >= 11 is 0. The zero-order chi connectivity index (χ0) is 17.6. The molecule has 8 heteroatoms. The fourth-order valence-corrected chi connectivity index (χ4v) is 1.71. The van der Waals surface area contributed by atoms with E-state index in [1.807, 2.05) is 0 Å². The lowest BCUT2D eigenvalue weighted by Crippen LogP contribution is -2.39. The molecule has 128 valence electrons. The SMILES string of the molecule is CC(O)CCN(C)C(=O)CNC(=O)c1ccc(C(F)(F)F)cc1. The third kappa shape index (κ3) is 6.27. The molecule has 5 nitrogen and oxygen atoms in total. The number of nitrogens with one attached hydrogen (secondary N) is 1. The van der Waals surface area contributed by atoms with Crippen LogP contribution in [0.25, 0.3) is 0 Å². The second-order valence-electron chi connectivity index (χ2n) is 5.21. The van der Waals surface area contributed by atoms with Gasteiger partial charge in [-0.3, -0.25) is 9.59 Å². The van der Waals surface area contributed by atoms with Crippen molar-refractivity contribution in [3.8, 4) is 0 Å². The maximum absolute atomic E-state index is 12.4. The molecular formula is C15H19F3N2O3. The Balaban J connectivity index is 2.52. The molecule has 1 rings (SSSR count). The summed E-state index contributed by atoms with van der Waals surface area (Å²) in [5.74, 6) is -0.984. The maximum Gasteiger partial charge on any atom is 0.416 e. The molecule has 0 aromatic heterocycles. The van der Waals surface area contributed by atoms with Gasteiger partial charge >= 0.3 is 6.18 Å². The van der Waals surface area contributed by atoms with Crippen molar-refractivity contribution in [3.63, 3.8) is 0 Å². The van der Waals surface area contributed by atoms with Gasteiger partial charge in [0.05, 0.1) is 18.2 Å². The number of alkyl halides is 3. The number of benzene rings is 1. The normalized spacial score (nSPS) is 12.6. The summed E-state index contributed by atoms with van der Waals surface area (Å²) in [6, 6.07) is 3.73. The molecule has 2 amide bonds. The lowest BCUT2D eigenvalue weighted by atomic mass is 10.1. The van der Waals surface area contributed by atoms with E-state index in [0.29, 0.717) is 13.0 Å². The van der Waals surface area contributed by atoms with Gasteiger partial charge in [0.2, 0.25) is 5.91 Å². The van der Waals surface area contributed by atoms with Crippen LogP contribution in [-0.2, 0) is 11.0 Å². The second kappa shape index (κ2) is 7.96. The maximum atomic E-state index is 12.4. The van der Waals surface area contributed by atoms with Crippen molar-refractivity contribution in [2.24, 2.45) is 0 Å². The largest absolute Gasteiger partial charge is 0.416 e. The Bertz CT molecular complexity index is 542. The minimum Gasteiger partial charge on any atom is -0.393 e. The molecule has 0 radical (unpaired) electrons. The Hall–Kier alpha value is -2.09. The van der Waals surface area contributed by atoms with E-state index in [1.165, 1.54) is 11.9 Å². The van der Waals surface area contributed by atoms with E-state index in [4.69, 9.17) is 5.11 Å². The zero-order valence-electron chi connectivity index (χ0n) is 12.9. The molecule has 23 heavy (non-hydrogen) atoms. The van der Waals surface area contributed by atoms with E-state index in [9.17, 15) is 22.8 Å². The number of carbonyl (C=O) groups is 2. The van der Waals surface area contributed by atoms with E-state index in [0.717, 1.165) is 24.3 Å². The molecule has 0 saturated carbocycles. The van der Waals surface area contributed by atoms with Crippen LogP contribution in [0.3, 0.4) is 0 Å². The smallest absolute Gasteiger partial charge is 0.393 e. The standard InChI is InChI=1S/C15H19F3N2O3/c1-10(21)7-8-20(2)13(22)9-19-14(23)11-3-5-12(6-4-11)15(16,17)18/h3-6,10,21H,7-9H2,1-2H3,(H,19,23). The highest BCUT2D eigenvalue weighted by atomic mass is 19.4. The first-order chi connectivity index (χ1) is 10.6. The molecule has 1 aromatic rings. The van der Waals surface area contributed by atoms with Crippen LogP contribution in [0.2, 0.25) is 0 Å². The predicted molar refractivity (Wildman–Crippen MR) is 77.7 cm³/mol. The highest BCUT2D eigenvalue weighted by molar-refractivity contribution is 5.96. The average molecular weight is 332 g/mol. The number of aliphatic hydroxyl groups is 1. The molecule has 1 unspecified atom stereocenters. The number of hydrogen-bond acceptors (Lipinski definition) is 3. The summed E-state index contributed by atoms with van der Waals surface area (Å²) in [4.78, 5) is 24.9. The van der Waals surface area contributed by atoms with Gasteiger partial charge in [-0.15, -0.1) is 0 Å². The minimum absolute atomic E-state index is 0.0393. The lowest BCUT2D eigenvalue weighted by Gasteiger charge is -2.18. The van der Waals surface area contributed by atoms with Crippen LogP contribution in [0, 0.1) is 0 Å². The molecular weight excluding hydrogens is 313 g/mol. The van der Waals surface area contributed by atoms with Crippen molar-refractivity contribution in [3.05, 3.63) is 35.4 Å². The first kappa shape index (κ1) is 19.0. The van der Waals surface area contributed by atoms with Crippen LogP contribution in [0.1, 0.15) is 29.3 Å². The number of halogens is 3. The van der Waals surface area contributed by atoms with Crippen molar-refractivity contribution in [1.82, 2.24) is 10.2 Å². The summed E-state index contributed by atoms with van der Waals surface area (Å²) in [6.07, 6.45) is -4.58. The average Bonchev–Trinajstić information content (AvgIpc) is 2.49. The number of amides is 2. The van der Waals surface area contributed by atoms with Crippen LogP contribution in [0.15, 0.2) is 24.3 Å². The number of nitrogens with zero attached hydrogens (tertiary/aromatic N) is 1. The van der Waals surface area contributed by atoms with E-state index >= 15 is 0 Å². The number of aliphatic hydroxyl groups excluding tert-OH is 1. The van der Waals surface area contributed by atoms with Crippen LogP contribution in [0.4, 0.5) is 13.2 Å². The van der Waals surface area contributed by atoms with Gasteiger partial charge in [-0.25, -0.2) is 0 Å². The van der Waals surface area contributed by atoms with Crippen LogP contribution in [0.5, 0.6) is 0 Å². The summed E-state index contributed by atoms with van der Waals surface area (Å²) in [7, 11) is 1.54. The molecule has 0 fully saturated rings. The van der Waals surface area contributed by atoms with E-state index in [1.54, 1.807) is 6.92 Å². The van der Waals surface area contributed by atoms with Crippen molar-refractivity contribution in [2.75, 3.05) is 20.1 Å². The molecule has 0 aliphatic heterocycles. The molecule has 0 aliphatic carbocycles. The predicted octanol–water partition coefficient (Wildman–Crippen LogP) is 1.66. The quantitative estimate of drug-likeness (QED) is 0.832. The minimum atomic E-state index is -4.46. The Morgan fingerprint density at radius 1 is 1.26 bits per heavy atom. The summed E-state index contributed by atoms with van der Waals surface area (Å²) in [5, 5.41) is 11.5. The molecule has 0 aliphatic rings. The first-order valence-corrected chi connectivity index (χ1v) is 6.98. The van der Waals surface area contributed by atoms with Gasteiger partial charge < -0.3 is 15.3 Å². The first-order valence-electron chi connectivity index (χ1n) is 6.98. The Morgan fingerprint density at radius 2 is 1.83 bits per heavy atom. The highest BCUT2D eigenvalue weighted by Gasteiger charge is 2.30. The molecule has 0 spiro atoms. The molecule has 1 atom stereocenters. The molecule has 0 saturated heterocycles. The summed E-state index contributed by atoms with van der Waals surface area (Å²) in [5.41, 5.74) is -0.805. The highest BCUT2D eigenvalue weighted by Crippen LogP contribution is 2.28. The van der Waals surface area contributed by atoms with Gasteiger partial charge in [-0.1, -0.05) is 0 Å². The summed E-state index contributed by atoms with van der Waals surface area (Å²) < 4.78 is 37.3. The van der Waals surface area contributed by atoms with Crippen LogP contribution < -0.4 is 5.32 Å². The van der Waals surface area contributed by atoms with Gasteiger partial charge in [0, 0.05) is 19.2 Å². The van der Waals surface area contributed by atoms with Crippen molar-refractivity contribution >= 4 is 11.8 Å². The van der Waals surface area contributed by atoms with Crippen molar-refractivity contribution in [1.29, 1.82) is 0 Å². The zero-order valence-corrected chi connectivity index (χ0v) is 12.9. The third-order valence-corrected chi connectivity index (χ3v) is 3.18. The topological polar surface area (TPSA) is 69.6 Å². The van der Waals surface area contributed by atoms with Gasteiger partial charge in [0.25, 0.3) is 5.91 Å². The van der Waals surface area contributed by atoms with Crippen LogP contribution >= 0.6 is 0 Å². The Labute approximate surface area is 132 Å². The van der Waals surface area contributed by atoms with E-state index in [2.05, 4.69) is 5.32 Å². The monoisotopic (exact) mass is 332 g/mol. The molecule has 2 N–H and O–H groups in total. The van der Waals surface area contributed by atoms with E-state index in [-0.39, 0.29) is 18.0 Å². The number of rotatable bonds is 6. The number of hydrogen-bond donors (Lipinski definition) is 2. The molecule has 0 heterocycles. The Morgan fingerprint density at radius 3 is 2.30 bits per heavy atom. The van der Waals surface area contributed by atoms with Gasteiger partial charge in [0.15, 0.2) is 0 Å². The number of carbonyl (C=O) groups excluding carboxylic acids is 2. The van der Waals surface area contributed by atoms with Crippen LogP contribution in [-0.4, -0.2) is 48.1 Å². The van der Waals surface area contributed by atoms with Crippen molar-refractivity contribution in [2.45, 2.75) is 25.6 Å². The Kier molecular flexibility index (Phi) is 6.56. The summed E-state index contributed by atoms with van der Waals surface area (Å²) in [6.45, 7) is 1.67. The fourth-order valence-electron chi connectivity index (χ4n) is 1.71.